The molecule has 1 amide bonds. The minimum absolute atomic E-state index is 0.142. The fourth-order valence-corrected chi connectivity index (χ4v) is 4.90. The van der Waals surface area contributed by atoms with Crippen molar-refractivity contribution < 1.29 is 31.1 Å². The number of hydrogen-bond acceptors (Lipinski definition) is 4. The zero-order valence-corrected chi connectivity index (χ0v) is 14.3. The average molecular weight is 377 g/mol. The van der Waals surface area contributed by atoms with Crippen molar-refractivity contribution in [2.45, 2.75) is 49.4 Å². The fourth-order valence-electron chi connectivity index (χ4n) is 3.76. The van der Waals surface area contributed by atoms with E-state index < -0.39 is 21.4 Å². The van der Waals surface area contributed by atoms with E-state index >= 15 is 0 Å². The molecule has 2 fully saturated rings. The van der Waals surface area contributed by atoms with Gasteiger partial charge in [-0.15, -0.1) is 13.2 Å². The van der Waals surface area contributed by atoms with Crippen molar-refractivity contribution in [1.82, 2.24) is 4.90 Å². The van der Waals surface area contributed by atoms with Gasteiger partial charge >= 0.3 is 6.36 Å². The van der Waals surface area contributed by atoms with Gasteiger partial charge in [-0.25, -0.2) is 8.42 Å². The summed E-state index contributed by atoms with van der Waals surface area (Å²) in [5, 5.41) is -0.434. The van der Waals surface area contributed by atoms with E-state index in [4.69, 9.17) is 0 Å². The molecule has 0 spiro atoms. The molecule has 1 aromatic rings. The lowest BCUT2D eigenvalue weighted by molar-refractivity contribution is -0.274. The first-order valence-electron chi connectivity index (χ1n) is 7.92. The van der Waals surface area contributed by atoms with Crippen LogP contribution < -0.4 is 4.74 Å². The summed E-state index contributed by atoms with van der Waals surface area (Å²) in [4.78, 5) is 14.4. The maximum atomic E-state index is 12.7. The smallest absolute Gasteiger partial charge is 0.406 e. The summed E-state index contributed by atoms with van der Waals surface area (Å²) in [6, 6.07) is 4.52. The molecule has 0 saturated carbocycles. The predicted octanol–water partition coefficient (Wildman–Crippen LogP) is 2.77. The molecular formula is C16H18F3NO4S. The Kier molecular flexibility index (Phi) is 4.47. The molecule has 0 aromatic heterocycles. The summed E-state index contributed by atoms with van der Waals surface area (Å²) in [6.45, 7) is 0. The molecular weight excluding hydrogens is 359 g/mol. The number of fused-ring (bicyclic) bond motifs is 2. The minimum Gasteiger partial charge on any atom is -0.406 e. The Balaban J connectivity index is 1.74. The van der Waals surface area contributed by atoms with Crippen LogP contribution in [0.4, 0.5) is 13.2 Å². The number of piperidine rings is 1. The highest BCUT2D eigenvalue weighted by Gasteiger charge is 2.46. The number of nitrogens with zero attached hydrogens (tertiary/aromatic N) is 1. The summed E-state index contributed by atoms with van der Waals surface area (Å²) < 4.78 is 64.0. The summed E-state index contributed by atoms with van der Waals surface area (Å²) in [5.74, 6) is -0.666. The van der Waals surface area contributed by atoms with Gasteiger partial charge in [-0.3, -0.25) is 4.79 Å². The van der Waals surface area contributed by atoms with Crippen LogP contribution in [0.5, 0.6) is 5.75 Å². The molecule has 2 bridgehead atoms. The first kappa shape index (κ1) is 18.0. The molecule has 2 heterocycles. The highest BCUT2D eigenvalue weighted by Crippen LogP contribution is 2.39. The molecule has 2 atom stereocenters. The summed E-state index contributed by atoms with van der Waals surface area (Å²) >= 11 is 0. The summed E-state index contributed by atoms with van der Waals surface area (Å²) in [5.41, 5.74) is 0.268. The second-order valence-corrected chi connectivity index (χ2v) is 8.92. The second-order valence-electron chi connectivity index (χ2n) is 6.59. The number of carbonyl (C=O) groups excluding carboxylic acids is 1. The average Bonchev–Trinajstić information content (AvgIpc) is 2.74. The molecule has 2 unspecified atom stereocenters. The van der Waals surface area contributed by atoms with Crippen molar-refractivity contribution in [3.63, 3.8) is 0 Å². The molecule has 2 saturated heterocycles. The Hall–Kier alpha value is -1.77. The van der Waals surface area contributed by atoms with E-state index in [0.717, 1.165) is 25.0 Å². The van der Waals surface area contributed by atoms with E-state index in [0.29, 0.717) is 12.8 Å². The Labute approximate surface area is 143 Å². The van der Waals surface area contributed by atoms with Crippen molar-refractivity contribution in [3.8, 4) is 5.75 Å². The number of hydrogen-bond donors (Lipinski definition) is 0. The maximum Gasteiger partial charge on any atom is 0.573 e. The number of ether oxygens (including phenoxy) is 1. The van der Waals surface area contributed by atoms with E-state index in [9.17, 15) is 26.4 Å². The number of carbonyl (C=O) groups is 1. The van der Waals surface area contributed by atoms with Crippen molar-refractivity contribution in [2.24, 2.45) is 0 Å². The van der Waals surface area contributed by atoms with Gasteiger partial charge in [-0.05, 0) is 49.9 Å². The van der Waals surface area contributed by atoms with E-state index in [1.807, 2.05) is 0 Å². The van der Waals surface area contributed by atoms with Crippen LogP contribution in [0, 0.1) is 0 Å². The van der Waals surface area contributed by atoms with Gasteiger partial charge in [0.2, 0.25) is 0 Å². The molecule has 3 rings (SSSR count). The molecule has 2 aliphatic heterocycles. The lowest BCUT2D eigenvalue weighted by Gasteiger charge is -2.38. The third kappa shape index (κ3) is 3.91. The molecule has 9 heteroatoms. The molecule has 0 N–H and O–H groups in total. The largest absolute Gasteiger partial charge is 0.573 e. The zero-order chi connectivity index (χ0) is 18.4. The monoisotopic (exact) mass is 377 g/mol. The fraction of sp³-hybridized carbons (Fsp3) is 0.562. The molecule has 25 heavy (non-hydrogen) atoms. The van der Waals surface area contributed by atoms with E-state index in [2.05, 4.69) is 4.74 Å². The quantitative estimate of drug-likeness (QED) is 0.813. The van der Waals surface area contributed by atoms with Gasteiger partial charge in [0.05, 0.1) is 5.25 Å². The molecule has 5 nitrogen and oxygen atoms in total. The first-order chi connectivity index (χ1) is 11.5. The second kappa shape index (κ2) is 6.19. The summed E-state index contributed by atoms with van der Waals surface area (Å²) in [7, 11) is -3.15. The van der Waals surface area contributed by atoms with Gasteiger partial charge < -0.3 is 9.64 Å². The Morgan fingerprint density at radius 2 is 1.64 bits per heavy atom. The van der Waals surface area contributed by atoms with Crippen LogP contribution >= 0.6 is 0 Å². The molecule has 0 aliphatic carbocycles. The lowest BCUT2D eigenvalue weighted by Crippen LogP contribution is -2.49. The van der Waals surface area contributed by atoms with Crippen LogP contribution in [-0.4, -0.2) is 49.2 Å². The molecule has 1 aromatic carbocycles. The van der Waals surface area contributed by atoms with Gasteiger partial charge in [-0.2, -0.15) is 0 Å². The third-order valence-corrected chi connectivity index (χ3v) is 6.46. The lowest BCUT2D eigenvalue weighted by atomic mass is 10.0. The van der Waals surface area contributed by atoms with Crippen molar-refractivity contribution in [2.75, 3.05) is 6.26 Å². The van der Waals surface area contributed by atoms with Crippen LogP contribution in [0.25, 0.3) is 0 Å². The van der Waals surface area contributed by atoms with Crippen molar-refractivity contribution >= 4 is 15.7 Å². The topological polar surface area (TPSA) is 63.7 Å². The maximum absolute atomic E-state index is 12.7. The number of benzene rings is 1. The Morgan fingerprint density at radius 1 is 1.12 bits per heavy atom. The minimum atomic E-state index is -4.78. The van der Waals surface area contributed by atoms with Crippen LogP contribution in [0.15, 0.2) is 24.3 Å². The van der Waals surface area contributed by atoms with Crippen molar-refractivity contribution in [1.29, 1.82) is 0 Å². The van der Waals surface area contributed by atoms with Gasteiger partial charge in [0.15, 0.2) is 0 Å². The molecule has 0 radical (unpaired) electrons. The number of amides is 1. The van der Waals surface area contributed by atoms with Gasteiger partial charge in [-0.1, -0.05) is 0 Å². The molecule has 138 valence electrons. The number of alkyl halides is 3. The highest BCUT2D eigenvalue weighted by molar-refractivity contribution is 7.91. The van der Waals surface area contributed by atoms with Gasteiger partial charge in [0, 0.05) is 23.9 Å². The van der Waals surface area contributed by atoms with Crippen LogP contribution in [0.1, 0.15) is 36.0 Å². The van der Waals surface area contributed by atoms with Gasteiger partial charge in [0.1, 0.15) is 15.6 Å². The van der Waals surface area contributed by atoms with Crippen LogP contribution in [0.3, 0.4) is 0 Å². The highest BCUT2D eigenvalue weighted by atomic mass is 32.2. The predicted molar refractivity (Wildman–Crippen MR) is 84.0 cm³/mol. The Morgan fingerprint density at radius 3 is 2.08 bits per heavy atom. The van der Waals surface area contributed by atoms with E-state index in [1.165, 1.54) is 18.4 Å². The standard InChI is InChI=1S/C16H18F3NO4S/c1-25(22,23)14-8-11-4-5-12(9-14)20(11)15(21)10-2-6-13(7-3-10)24-16(17,18)19/h2-3,6-7,11-12,14H,4-5,8-9H2,1H3. The van der Waals surface area contributed by atoms with E-state index in [-0.39, 0.29) is 29.3 Å². The van der Waals surface area contributed by atoms with Crippen LogP contribution in [0.2, 0.25) is 0 Å². The first-order valence-corrected chi connectivity index (χ1v) is 9.87. The Bertz CT molecular complexity index is 747. The van der Waals surface area contributed by atoms with Gasteiger partial charge in [0.25, 0.3) is 5.91 Å². The van der Waals surface area contributed by atoms with E-state index in [1.54, 1.807) is 4.90 Å². The number of halogens is 3. The molecule has 2 aliphatic rings. The van der Waals surface area contributed by atoms with Crippen LogP contribution in [-0.2, 0) is 9.84 Å². The number of rotatable bonds is 3. The summed E-state index contributed by atoms with van der Waals surface area (Å²) in [6.07, 6.45) is -1.24. The zero-order valence-electron chi connectivity index (χ0n) is 13.5. The normalized spacial score (nSPS) is 26.6. The number of sulfone groups is 1. The van der Waals surface area contributed by atoms with Crippen molar-refractivity contribution in [3.05, 3.63) is 29.8 Å². The SMILES string of the molecule is CS(=O)(=O)C1CC2CCC(C1)N2C(=O)c1ccc(OC(F)(F)F)cc1. The third-order valence-electron chi connectivity index (χ3n) is 4.86.